The second-order valence-corrected chi connectivity index (χ2v) is 5.00. The van der Waals surface area contributed by atoms with Crippen molar-refractivity contribution in [3.05, 3.63) is 17.5 Å². The molecule has 0 radical (unpaired) electrons. The average molecular weight is 254 g/mol. The van der Waals surface area contributed by atoms with Crippen molar-refractivity contribution in [3.63, 3.8) is 0 Å². The Balaban J connectivity index is 2.20. The third-order valence-corrected chi connectivity index (χ3v) is 3.23. The van der Waals surface area contributed by atoms with E-state index in [4.69, 9.17) is 14.6 Å². The molecular formula is C12H18N2O4. The summed E-state index contributed by atoms with van der Waals surface area (Å²) < 4.78 is 12.9. The van der Waals surface area contributed by atoms with Crippen LogP contribution in [0.4, 0.5) is 0 Å². The number of aromatic carboxylic acids is 1. The van der Waals surface area contributed by atoms with Crippen LogP contribution in [0.2, 0.25) is 0 Å². The Morgan fingerprint density at radius 3 is 2.78 bits per heavy atom. The van der Waals surface area contributed by atoms with Gasteiger partial charge < -0.3 is 14.6 Å². The maximum Gasteiger partial charge on any atom is 0.339 e. The molecule has 100 valence electrons. The minimum atomic E-state index is -0.963. The van der Waals surface area contributed by atoms with Gasteiger partial charge in [0.15, 0.2) is 5.79 Å². The molecule has 2 rings (SSSR count). The number of nitrogens with zero attached hydrogens (tertiary/aromatic N) is 2. The lowest BCUT2D eigenvalue weighted by molar-refractivity contribution is -0.143. The van der Waals surface area contributed by atoms with E-state index in [1.54, 1.807) is 11.6 Å². The predicted octanol–water partition coefficient (Wildman–Crippen LogP) is 1.60. The van der Waals surface area contributed by atoms with Crippen LogP contribution >= 0.6 is 0 Å². The zero-order valence-electron chi connectivity index (χ0n) is 11.0. The average Bonchev–Trinajstić information content (AvgIpc) is 2.80. The molecule has 0 saturated carbocycles. The topological polar surface area (TPSA) is 73.6 Å². The van der Waals surface area contributed by atoms with Gasteiger partial charge in [-0.3, -0.25) is 4.68 Å². The fraction of sp³-hybridized carbons (Fsp3) is 0.667. The standard InChI is InChI=1S/C12H18N2O4/c1-7-9(11(15)16)5-13-14(7)8(2)10-6-17-12(3,4)18-10/h5,8,10H,6H2,1-4H3,(H,15,16). The molecule has 0 aromatic carbocycles. The van der Waals surface area contributed by atoms with Crippen molar-refractivity contribution < 1.29 is 19.4 Å². The fourth-order valence-corrected chi connectivity index (χ4v) is 2.15. The molecule has 0 aliphatic carbocycles. The van der Waals surface area contributed by atoms with Crippen molar-refractivity contribution in [1.82, 2.24) is 9.78 Å². The lowest BCUT2D eigenvalue weighted by Crippen LogP contribution is -2.28. The van der Waals surface area contributed by atoms with Gasteiger partial charge >= 0.3 is 5.97 Å². The second-order valence-electron chi connectivity index (χ2n) is 5.00. The normalized spacial score (nSPS) is 24.1. The van der Waals surface area contributed by atoms with E-state index in [9.17, 15) is 4.79 Å². The lowest BCUT2D eigenvalue weighted by atomic mass is 10.2. The molecule has 1 saturated heterocycles. The molecule has 2 atom stereocenters. The monoisotopic (exact) mass is 254 g/mol. The van der Waals surface area contributed by atoms with Gasteiger partial charge in [-0.2, -0.15) is 5.10 Å². The number of hydrogen-bond acceptors (Lipinski definition) is 4. The quantitative estimate of drug-likeness (QED) is 0.886. The molecule has 1 aliphatic heterocycles. The third-order valence-electron chi connectivity index (χ3n) is 3.23. The number of ether oxygens (including phenoxy) is 2. The first-order valence-corrected chi connectivity index (χ1v) is 5.91. The first kappa shape index (κ1) is 13.0. The zero-order chi connectivity index (χ0) is 13.5. The van der Waals surface area contributed by atoms with Crippen LogP contribution in [0.3, 0.4) is 0 Å². The Bertz CT molecular complexity index is 467. The molecule has 0 amide bonds. The van der Waals surface area contributed by atoms with E-state index in [-0.39, 0.29) is 17.7 Å². The Labute approximate surface area is 106 Å². The van der Waals surface area contributed by atoms with Crippen LogP contribution < -0.4 is 0 Å². The number of carboxylic acids is 1. The number of carboxylic acid groups (broad SMARTS) is 1. The zero-order valence-corrected chi connectivity index (χ0v) is 11.0. The van der Waals surface area contributed by atoms with Crippen molar-refractivity contribution in [2.75, 3.05) is 6.61 Å². The minimum Gasteiger partial charge on any atom is -0.478 e. The maximum absolute atomic E-state index is 11.0. The van der Waals surface area contributed by atoms with Crippen molar-refractivity contribution in [2.24, 2.45) is 0 Å². The maximum atomic E-state index is 11.0. The van der Waals surface area contributed by atoms with E-state index < -0.39 is 11.8 Å². The van der Waals surface area contributed by atoms with Crippen LogP contribution in [-0.2, 0) is 9.47 Å². The summed E-state index contributed by atoms with van der Waals surface area (Å²) >= 11 is 0. The van der Waals surface area contributed by atoms with E-state index in [2.05, 4.69) is 5.10 Å². The summed E-state index contributed by atoms with van der Waals surface area (Å²) in [5.74, 6) is -1.55. The number of carbonyl (C=O) groups is 1. The van der Waals surface area contributed by atoms with Gasteiger partial charge in [0.25, 0.3) is 0 Å². The van der Waals surface area contributed by atoms with E-state index in [0.717, 1.165) is 0 Å². The van der Waals surface area contributed by atoms with Crippen LogP contribution in [0.5, 0.6) is 0 Å². The van der Waals surface area contributed by atoms with Crippen molar-refractivity contribution in [2.45, 2.75) is 45.6 Å². The number of rotatable bonds is 3. The fourth-order valence-electron chi connectivity index (χ4n) is 2.15. The number of aromatic nitrogens is 2. The van der Waals surface area contributed by atoms with Gasteiger partial charge in [0, 0.05) is 0 Å². The largest absolute Gasteiger partial charge is 0.478 e. The molecule has 2 unspecified atom stereocenters. The summed E-state index contributed by atoms with van der Waals surface area (Å²) in [6, 6.07) is -0.0696. The van der Waals surface area contributed by atoms with E-state index >= 15 is 0 Å². The lowest BCUT2D eigenvalue weighted by Gasteiger charge is -2.22. The third kappa shape index (κ3) is 2.26. The summed E-state index contributed by atoms with van der Waals surface area (Å²) in [4.78, 5) is 11.0. The van der Waals surface area contributed by atoms with Gasteiger partial charge in [-0.15, -0.1) is 0 Å². The van der Waals surface area contributed by atoms with Gasteiger partial charge in [-0.1, -0.05) is 0 Å². The Kier molecular flexibility index (Phi) is 3.16. The van der Waals surface area contributed by atoms with E-state index in [0.29, 0.717) is 12.3 Å². The Hall–Kier alpha value is -1.40. The van der Waals surface area contributed by atoms with Crippen LogP contribution in [0.25, 0.3) is 0 Å². The SMILES string of the molecule is Cc1c(C(=O)O)cnn1C(C)C1COC(C)(C)O1. The molecule has 2 heterocycles. The van der Waals surface area contributed by atoms with Gasteiger partial charge in [0.1, 0.15) is 11.7 Å². The summed E-state index contributed by atoms with van der Waals surface area (Å²) in [5, 5.41) is 13.1. The Morgan fingerprint density at radius 1 is 1.67 bits per heavy atom. The molecule has 0 bridgehead atoms. The summed E-state index contributed by atoms with van der Waals surface area (Å²) in [5.41, 5.74) is 0.850. The molecule has 1 fully saturated rings. The molecule has 1 aliphatic rings. The molecule has 1 aromatic rings. The molecule has 6 heteroatoms. The van der Waals surface area contributed by atoms with Gasteiger partial charge in [-0.25, -0.2) is 4.79 Å². The smallest absolute Gasteiger partial charge is 0.339 e. The van der Waals surface area contributed by atoms with Gasteiger partial charge in [0.05, 0.1) is 24.5 Å². The Morgan fingerprint density at radius 2 is 2.33 bits per heavy atom. The number of hydrogen-bond donors (Lipinski definition) is 1. The highest BCUT2D eigenvalue weighted by Gasteiger charge is 2.37. The minimum absolute atomic E-state index is 0.0696. The highest BCUT2D eigenvalue weighted by atomic mass is 16.7. The summed E-state index contributed by atoms with van der Waals surface area (Å²) in [6.07, 6.45) is 1.25. The van der Waals surface area contributed by atoms with Crippen molar-refractivity contribution in [1.29, 1.82) is 0 Å². The van der Waals surface area contributed by atoms with Crippen LogP contribution in [0, 0.1) is 6.92 Å². The van der Waals surface area contributed by atoms with Crippen LogP contribution in [0.15, 0.2) is 6.20 Å². The van der Waals surface area contributed by atoms with E-state index in [1.807, 2.05) is 20.8 Å². The van der Waals surface area contributed by atoms with Crippen LogP contribution in [0.1, 0.15) is 42.9 Å². The van der Waals surface area contributed by atoms with Gasteiger partial charge in [-0.05, 0) is 27.7 Å². The summed E-state index contributed by atoms with van der Waals surface area (Å²) in [6.45, 7) is 7.89. The molecule has 0 spiro atoms. The highest BCUT2D eigenvalue weighted by Crippen LogP contribution is 2.29. The van der Waals surface area contributed by atoms with E-state index in [1.165, 1.54) is 6.20 Å². The molecule has 1 N–H and O–H groups in total. The first-order chi connectivity index (χ1) is 8.32. The van der Waals surface area contributed by atoms with Crippen molar-refractivity contribution in [3.8, 4) is 0 Å². The highest BCUT2D eigenvalue weighted by molar-refractivity contribution is 5.88. The summed E-state index contributed by atoms with van der Waals surface area (Å²) in [7, 11) is 0. The molecule has 6 nitrogen and oxygen atoms in total. The molecule has 18 heavy (non-hydrogen) atoms. The second kappa shape index (κ2) is 4.37. The van der Waals surface area contributed by atoms with Gasteiger partial charge in [0.2, 0.25) is 0 Å². The predicted molar refractivity (Wildman–Crippen MR) is 63.5 cm³/mol. The molecular weight excluding hydrogens is 236 g/mol. The first-order valence-electron chi connectivity index (χ1n) is 5.91. The molecule has 1 aromatic heterocycles. The van der Waals surface area contributed by atoms with Crippen molar-refractivity contribution >= 4 is 5.97 Å². The van der Waals surface area contributed by atoms with Crippen LogP contribution in [-0.4, -0.2) is 39.4 Å².